The Balaban J connectivity index is 1.51. The normalized spacial score (nSPS) is 30.4. The van der Waals surface area contributed by atoms with Crippen LogP contribution in [0.25, 0.3) is 11.0 Å². The number of benzene rings is 1. The van der Waals surface area contributed by atoms with Crippen molar-refractivity contribution in [2.75, 3.05) is 0 Å². The van der Waals surface area contributed by atoms with E-state index in [0.717, 1.165) is 29.6 Å². The molecule has 4 rings (SSSR count). The zero-order valence-electron chi connectivity index (χ0n) is 11.0. The number of fused-ring (bicyclic) bond motifs is 3. The summed E-state index contributed by atoms with van der Waals surface area (Å²) >= 11 is 0. The molecule has 0 saturated carbocycles. The summed E-state index contributed by atoms with van der Waals surface area (Å²) in [5, 5.41) is 4.82. The van der Waals surface area contributed by atoms with Crippen LogP contribution in [0, 0.1) is 0 Å². The van der Waals surface area contributed by atoms with Gasteiger partial charge in [0.15, 0.2) is 0 Å². The zero-order chi connectivity index (χ0) is 12.7. The number of nitrogens with one attached hydrogen (secondary N) is 1. The van der Waals surface area contributed by atoms with Crippen LogP contribution in [0.2, 0.25) is 0 Å². The highest BCUT2D eigenvalue weighted by Gasteiger charge is 2.32. The third kappa shape index (κ3) is 2.23. The summed E-state index contributed by atoms with van der Waals surface area (Å²) in [6, 6.07) is 9.40. The first kappa shape index (κ1) is 11.4. The first-order valence-electron chi connectivity index (χ1n) is 7.27. The number of rotatable bonds is 2. The summed E-state index contributed by atoms with van der Waals surface area (Å²) in [4.78, 5) is 0. The van der Waals surface area contributed by atoms with E-state index in [4.69, 9.17) is 9.15 Å². The van der Waals surface area contributed by atoms with Crippen molar-refractivity contribution < 1.29 is 9.15 Å². The fourth-order valence-electron chi connectivity index (χ4n) is 3.52. The van der Waals surface area contributed by atoms with Crippen LogP contribution in [0.1, 0.15) is 32.1 Å². The van der Waals surface area contributed by atoms with Gasteiger partial charge >= 0.3 is 0 Å². The largest absolute Gasteiger partial charge is 0.490 e. The van der Waals surface area contributed by atoms with Crippen LogP contribution >= 0.6 is 0 Å². The summed E-state index contributed by atoms with van der Waals surface area (Å²) in [5.41, 5.74) is 0.925. The topological polar surface area (TPSA) is 34.4 Å². The molecule has 100 valence electrons. The highest BCUT2D eigenvalue weighted by Crippen LogP contribution is 2.30. The van der Waals surface area contributed by atoms with E-state index < -0.39 is 0 Å². The highest BCUT2D eigenvalue weighted by atomic mass is 16.5. The average molecular weight is 257 g/mol. The van der Waals surface area contributed by atoms with Gasteiger partial charge in [0.2, 0.25) is 0 Å². The molecule has 19 heavy (non-hydrogen) atoms. The maximum Gasteiger partial charge on any atom is 0.134 e. The Kier molecular flexibility index (Phi) is 2.73. The molecule has 2 aliphatic heterocycles. The molecular formula is C16H19NO2. The molecule has 2 aromatic rings. The molecule has 0 aliphatic carbocycles. The predicted octanol–water partition coefficient (Wildman–Crippen LogP) is 3.48. The molecule has 1 aromatic carbocycles. The first-order chi connectivity index (χ1) is 9.37. The summed E-state index contributed by atoms with van der Waals surface area (Å²) in [5.74, 6) is 0.971. The van der Waals surface area contributed by atoms with E-state index in [9.17, 15) is 0 Å². The SMILES string of the molecule is c1cc2cc(OC3C[C@H]4CCC[C@@H](C3)N4)ccc2o1. The minimum Gasteiger partial charge on any atom is -0.490 e. The maximum atomic E-state index is 6.19. The second-order valence-corrected chi connectivity index (χ2v) is 5.82. The van der Waals surface area contributed by atoms with Crippen molar-refractivity contribution in [2.45, 2.75) is 50.3 Å². The third-order valence-corrected chi connectivity index (χ3v) is 4.40. The lowest BCUT2D eigenvalue weighted by Gasteiger charge is -2.40. The van der Waals surface area contributed by atoms with E-state index in [1.165, 1.54) is 19.3 Å². The lowest BCUT2D eigenvalue weighted by atomic mass is 9.85. The van der Waals surface area contributed by atoms with Gasteiger partial charge in [0, 0.05) is 17.5 Å². The van der Waals surface area contributed by atoms with Gasteiger partial charge in [0.05, 0.1) is 6.26 Å². The highest BCUT2D eigenvalue weighted by molar-refractivity contribution is 5.78. The molecular weight excluding hydrogens is 238 g/mol. The Labute approximate surface area is 112 Å². The number of furan rings is 1. The lowest BCUT2D eigenvalue weighted by Crippen LogP contribution is -2.51. The summed E-state index contributed by atoms with van der Waals surface area (Å²) in [6.45, 7) is 0. The van der Waals surface area contributed by atoms with E-state index >= 15 is 0 Å². The van der Waals surface area contributed by atoms with E-state index in [1.807, 2.05) is 18.2 Å². The Hall–Kier alpha value is -1.48. The van der Waals surface area contributed by atoms with Gasteiger partial charge in [-0.15, -0.1) is 0 Å². The summed E-state index contributed by atoms with van der Waals surface area (Å²) < 4.78 is 11.5. The minimum absolute atomic E-state index is 0.362. The molecule has 3 heterocycles. The molecule has 1 unspecified atom stereocenters. The summed E-state index contributed by atoms with van der Waals surface area (Å²) in [7, 11) is 0. The quantitative estimate of drug-likeness (QED) is 0.894. The Morgan fingerprint density at radius 3 is 2.79 bits per heavy atom. The number of ether oxygens (including phenoxy) is 1. The lowest BCUT2D eigenvalue weighted by molar-refractivity contribution is 0.0928. The fourth-order valence-corrected chi connectivity index (χ4v) is 3.52. The van der Waals surface area contributed by atoms with Crippen molar-refractivity contribution in [3.05, 3.63) is 30.5 Å². The van der Waals surface area contributed by atoms with E-state index in [0.29, 0.717) is 18.2 Å². The number of hydrogen-bond donors (Lipinski definition) is 1. The molecule has 2 aliphatic rings. The Morgan fingerprint density at radius 1 is 1.11 bits per heavy atom. The second-order valence-electron chi connectivity index (χ2n) is 5.82. The van der Waals surface area contributed by atoms with Crippen LogP contribution in [0.4, 0.5) is 0 Å². The predicted molar refractivity (Wildman–Crippen MR) is 74.4 cm³/mol. The summed E-state index contributed by atoms with van der Waals surface area (Å²) in [6.07, 6.45) is 8.34. The molecule has 1 aromatic heterocycles. The number of hydrogen-bond acceptors (Lipinski definition) is 3. The van der Waals surface area contributed by atoms with Crippen molar-refractivity contribution in [2.24, 2.45) is 0 Å². The van der Waals surface area contributed by atoms with Crippen LogP contribution in [-0.2, 0) is 0 Å². The van der Waals surface area contributed by atoms with E-state index in [1.54, 1.807) is 6.26 Å². The van der Waals surface area contributed by atoms with Gasteiger partial charge in [-0.1, -0.05) is 6.42 Å². The average Bonchev–Trinajstić information content (AvgIpc) is 2.85. The van der Waals surface area contributed by atoms with Gasteiger partial charge in [-0.25, -0.2) is 0 Å². The van der Waals surface area contributed by atoms with Crippen molar-refractivity contribution >= 4 is 11.0 Å². The molecule has 2 saturated heterocycles. The van der Waals surface area contributed by atoms with Crippen molar-refractivity contribution in [3.63, 3.8) is 0 Å². The van der Waals surface area contributed by atoms with Crippen LogP contribution in [0.5, 0.6) is 5.75 Å². The standard InChI is InChI=1S/C16H19NO2/c1-2-12-9-15(10-13(3-1)17-12)19-14-4-5-16-11(8-14)6-7-18-16/h4-8,12-13,15,17H,1-3,9-10H2/t12-,13+,15?. The van der Waals surface area contributed by atoms with Crippen LogP contribution in [-0.4, -0.2) is 18.2 Å². The van der Waals surface area contributed by atoms with Gasteiger partial charge in [-0.3, -0.25) is 0 Å². The van der Waals surface area contributed by atoms with Gasteiger partial charge in [0.1, 0.15) is 17.4 Å². The molecule has 1 N–H and O–H groups in total. The molecule has 3 nitrogen and oxygen atoms in total. The monoisotopic (exact) mass is 257 g/mol. The zero-order valence-corrected chi connectivity index (χ0v) is 11.0. The van der Waals surface area contributed by atoms with Gasteiger partial charge in [-0.2, -0.15) is 0 Å². The minimum atomic E-state index is 0.362. The van der Waals surface area contributed by atoms with E-state index in [-0.39, 0.29) is 0 Å². The molecule has 0 amide bonds. The van der Waals surface area contributed by atoms with Crippen LogP contribution < -0.4 is 10.1 Å². The third-order valence-electron chi connectivity index (χ3n) is 4.40. The van der Waals surface area contributed by atoms with Gasteiger partial charge < -0.3 is 14.5 Å². The van der Waals surface area contributed by atoms with Crippen molar-refractivity contribution in [1.29, 1.82) is 0 Å². The molecule has 0 radical (unpaired) electrons. The van der Waals surface area contributed by atoms with Gasteiger partial charge in [0.25, 0.3) is 0 Å². The second kappa shape index (κ2) is 4.57. The molecule has 2 fully saturated rings. The molecule has 0 spiro atoms. The van der Waals surface area contributed by atoms with Crippen molar-refractivity contribution in [1.82, 2.24) is 5.32 Å². The fraction of sp³-hybridized carbons (Fsp3) is 0.500. The van der Waals surface area contributed by atoms with E-state index in [2.05, 4.69) is 11.4 Å². The van der Waals surface area contributed by atoms with Gasteiger partial charge in [-0.05, 0) is 49.9 Å². The molecule has 2 bridgehead atoms. The smallest absolute Gasteiger partial charge is 0.134 e. The Morgan fingerprint density at radius 2 is 1.95 bits per heavy atom. The maximum absolute atomic E-state index is 6.19. The van der Waals surface area contributed by atoms with Crippen LogP contribution in [0.15, 0.2) is 34.9 Å². The molecule has 3 atom stereocenters. The van der Waals surface area contributed by atoms with Crippen molar-refractivity contribution in [3.8, 4) is 5.75 Å². The van der Waals surface area contributed by atoms with Crippen LogP contribution in [0.3, 0.4) is 0 Å². The number of piperidine rings is 2. The molecule has 3 heteroatoms. The first-order valence-corrected chi connectivity index (χ1v) is 7.27. The Bertz CT molecular complexity index is 565.